The van der Waals surface area contributed by atoms with Crippen molar-refractivity contribution in [3.63, 3.8) is 0 Å². The Morgan fingerprint density at radius 1 is 0.517 bits per heavy atom. The number of hydrogen-bond acceptors (Lipinski definition) is 3. The maximum atomic E-state index is 6.04. The normalized spacial score (nSPS) is 23.0. The van der Waals surface area contributed by atoms with Crippen LogP contribution in [0.2, 0.25) is 0 Å². The molecule has 0 saturated carbocycles. The molecule has 0 aliphatic carbocycles. The predicted molar refractivity (Wildman–Crippen MR) is 88.1 cm³/mol. The molecule has 0 N–H and O–H groups in total. The molecule has 0 aromatic carbocycles. The van der Waals surface area contributed by atoms with Crippen molar-refractivity contribution in [3.8, 4) is 0 Å². The van der Waals surface area contributed by atoms with Crippen LogP contribution in [0.15, 0.2) is 35.5 Å². The average molecular weight is 561 g/mol. The molecule has 168 valence electrons. The molecule has 0 saturated heterocycles. The summed E-state index contributed by atoms with van der Waals surface area (Å²) in [5.74, 6) is 3.16. The van der Waals surface area contributed by atoms with Crippen molar-refractivity contribution in [1.82, 2.24) is 0 Å². The Balaban J connectivity index is -0.000000274. The molecule has 3 rings (SSSR count). The Labute approximate surface area is 180 Å². The number of halogens is 6. The zero-order chi connectivity index (χ0) is 16.2. The van der Waals surface area contributed by atoms with Gasteiger partial charge in [-0.2, -0.15) is 0 Å². The summed E-state index contributed by atoms with van der Waals surface area (Å²) in [6, 6.07) is 0. The molecule has 3 heterocycles. The van der Waals surface area contributed by atoms with Crippen molar-refractivity contribution >= 4 is 49.9 Å². The van der Waals surface area contributed by atoms with Gasteiger partial charge in [0.1, 0.15) is 0 Å². The summed E-state index contributed by atoms with van der Waals surface area (Å²) in [7, 11) is -5.76. The van der Waals surface area contributed by atoms with Gasteiger partial charge < -0.3 is 28.2 Å². The first-order valence-corrected chi connectivity index (χ1v) is 9.63. The molecule has 6 nitrogen and oxygen atoms in total. The fourth-order valence-electron chi connectivity index (χ4n) is 3.32. The molecule has 1 spiro atoms. The van der Waals surface area contributed by atoms with Gasteiger partial charge in [-0.15, -0.1) is 0 Å². The van der Waals surface area contributed by atoms with Crippen LogP contribution in [0.1, 0.15) is 41.5 Å². The minimum absolute atomic E-state index is 0. The average Bonchev–Trinajstić information content (AvgIpc) is 2.20. The maximum absolute atomic E-state index is 6.04. The molecule has 0 aromatic rings. The van der Waals surface area contributed by atoms with Gasteiger partial charge in [0.25, 0.3) is 0 Å². The molecular weight excluding hydrogens is 540 g/mol. The van der Waals surface area contributed by atoms with Gasteiger partial charge in [-0.3, -0.25) is 0 Å². The van der Waals surface area contributed by atoms with Crippen LogP contribution in [-0.4, -0.2) is 49.9 Å². The van der Waals surface area contributed by atoms with E-state index in [1.54, 1.807) is 59.8 Å². The third kappa shape index (κ3) is 5.65. The topological polar surface area (TPSA) is 61.6 Å². The summed E-state index contributed by atoms with van der Waals surface area (Å²) < 4.78 is 36.3. The Morgan fingerprint density at radius 3 is 0.897 bits per heavy atom. The van der Waals surface area contributed by atoms with Gasteiger partial charge in [-0.25, -0.2) is 0 Å². The zero-order valence-corrected chi connectivity index (χ0v) is 19.9. The van der Waals surface area contributed by atoms with Gasteiger partial charge in [0, 0.05) is 0 Å². The van der Waals surface area contributed by atoms with Gasteiger partial charge in [-0.05, 0) is 0 Å². The van der Waals surface area contributed by atoms with Gasteiger partial charge >= 0.3 is 153 Å². The Bertz CT molecular complexity index is 694. The third-order valence-corrected chi connectivity index (χ3v) is 7.87. The monoisotopic (exact) mass is 560 g/mol. The minimum Gasteiger partial charge on any atom is -1.00 e. The van der Waals surface area contributed by atoms with Gasteiger partial charge in [0.15, 0.2) is 0 Å². The van der Waals surface area contributed by atoms with E-state index in [1.807, 2.05) is 0 Å². The van der Waals surface area contributed by atoms with Crippen LogP contribution in [0, 0.1) is 0 Å². The molecule has 3 aliphatic rings. The molecule has 0 unspecified atom stereocenters. The standard InChI is InChI=1S/C15H21O6Si.6FH.Sb/c1-10-7-11(2)17-22(16-10,18-12(3)8-13(4)19-22)20-14(5)9-15(6)21-22;;;;;;;/h7-9H,1-6H3;6*1H;/q+1;;;;;;;+5/p-6. The fraction of sp³-hybridized carbons (Fsp3) is 0.400. The van der Waals surface area contributed by atoms with Gasteiger partial charge in [0.2, 0.25) is 0 Å². The SMILES string of the molecule is CC1=CC(C)=[O+][Si-2]23(O1)(OC(C)=CC(C)=[O+]2)OC(C)=CC(C)=[O+]3.[F-].[F-].[F-].[F-].[F-].[F-].[Sb+5]. The molecule has 14 heteroatoms. The summed E-state index contributed by atoms with van der Waals surface area (Å²) in [5.41, 5.74) is 0. The first-order valence-electron chi connectivity index (χ1n) is 7.18. The summed E-state index contributed by atoms with van der Waals surface area (Å²) in [5, 5.41) is 0. The quantitative estimate of drug-likeness (QED) is 0.168. The van der Waals surface area contributed by atoms with E-state index in [0.29, 0.717) is 34.6 Å². The molecule has 0 bridgehead atoms. The van der Waals surface area contributed by atoms with E-state index in [9.17, 15) is 0 Å². The third-order valence-electron chi connectivity index (χ3n) is 3.44. The van der Waals surface area contributed by atoms with Crippen molar-refractivity contribution in [2.24, 2.45) is 0 Å². The molecule has 0 radical (unpaired) electrons. The molecule has 0 aromatic heterocycles. The molecule has 3 aliphatic heterocycles. The first-order chi connectivity index (χ1) is 10.1. The summed E-state index contributed by atoms with van der Waals surface area (Å²) >= 11 is 0. The second-order valence-corrected chi connectivity index (χ2v) is 9.68. The van der Waals surface area contributed by atoms with E-state index in [2.05, 4.69) is 0 Å². The smallest absolute Gasteiger partial charge is 1.00 e. The van der Waals surface area contributed by atoms with Crippen molar-refractivity contribution in [2.45, 2.75) is 41.5 Å². The molecule has 29 heavy (non-hydrogen) atoms. The first kappa shape index (κ1) is 37.9. The number of ketones is 3. The number of rotatable bonds is 0. The van der Waals surface area contributed by atoms with Crippen molar-refractivity contribution in [1.29, 1.82) is 0 Å². The van der Waals surface area contributed by atoms with E-state index in [1.165, 1.54) is 0 Å². The Hall–Kier alpha value is -1.75. The van der Waals surface area contributed by atoms with Crippen LogP contribution in [0.4, 0.5) is 0 Å². The van der Waals surface area contributed by atoms with Crippen molar-refractivity contribution in [3.05, 3.63) is 35.5 Å². The van der Waals surface area contributed by atoms with E-state index < -0.39 is 8.09 Å². The van der Waals surface area contributed by atoms with Crippen molar-refractivity contribution in [2.75, 3.05) is 0 Å². The summed E-state index contributed by atoms with van der Waals surface area (Å²) in [6.07, 6.45) is 5.18. The second-order valence-electron chi connectivity index (χ2n) is 5.96. The van der Waals surface area contributed by atoms with Crippen LogP contribution in [0.3, 0.4) is 0 Å². The second kappa shape index (κ2) is 10.3. The van der Waals surface area contributed by atoms with Gasteiger partial charge in [-0.1, -0.05) is 0 Å². The van der Waals surface area contributed by atoms with Crippen LogP contribution in [-0.2, 0) is 25.6 Å². The molecule has 0 fully saturated rings. The predicted octanol–water partition coefficient (Wildman–Crippen LogP) is -15.9. The van der Waals surface area contributed by atoms with E-state index in [4.69, 9.17) is 25.6 Å². The Morgan fingerprint density at radius 2 is 0.724 bits per heavy atom. The molecular formula is C15H21F6O6SbSi. The van der Waals surface area contributed by atoms with E-state index >= 15 is 0 Å². The van der Waals surface area contributed by atoms with Crippen LogP contribution < -0.4 is 28.2 Å². The Kier molecular flexibility index (Phi) is 13.5. The van der Waals surface area contributed by atoms with E-state index in [-0.39, 0.29) is 52.7 Å². The maximum Gasteiger partial charge on any atom is 5.00 e. The van der Waals surface area contributed by atoms with Gasteiger partial charge in [0.05, 0.1) is 0 Å². The largest absolute Gasteiger partial charge is 5.00 e. The number of allylic oxidation sites excluding steroid dienone is 6. The molecule has 0 atom stereocenters. The van der Waals surface area contributed by atoms with Crippen LogP contribution in [0.5, 0.6) is 0 Å². The van der Waals surface area contributed by atoms with Crippen LogP contribution >= 0.6 is 0 Å². The molecule has 0 amide bonds. The van der Waals surface area contributed by atoms with Crippen molar-refractivity contribution < 1.29 is 53.8 Å². The summed E-state index contributed by atoms with van der Waals surface area (Å²) in [6.45, 7) is 10.6. The fourth-order valence-corrected chi connectivity index (χ4v) is 8.24. The van der Waals surface area contributed by atoms with Crippen LogP contribution in [0.25, 0.3) is 0 Å². The van der Waals surface area contributed by atoms with E-state index in [0.717, 1.165) is 0 Å². The number of hydrogen-bond donors (Lipinski definition) is 0. The minimum atomic E-state index is -5.76. The number of carbonyl (C=O) groups excluding carboxylic acids is 3. The summed E-state index contributed by atoms with van der Waals surface area (Å²) in [4.78, 5) is 0. The zero-order valence-electron chi connectivity index (χ0n) is 16.4.